The first-order chi connectivity index (χ1) is 12.7. The fourth-order valence-electron chi connectivity index (χ4n) is 2.39. The molecule has 0 unspecified atom stereocenters. The SMILES string of the molecule is CCOC(=O)C1=C(COC(=O)c2ccc([N+](=O)[O-])cc2Cl)NC(=O)N[C@H]1C. The number of rotatable bonds is 6. The Morgan fingerprint density at radius 1 is 1.30 bits per heavy atom. The minimum absolute atomic E-state index is 0.0797. The second-order valence-electron chi connectivity index (χ2n) is 5.43. The van der Waals surface area contributed by atoms with Crippen LogP contribution in [-0.2, 0) is 14.3 Å². The second kappa shape index (κ2) is 8.49. The van der Waals surface area contributed by atoms with Crippen molar-refractivity contribution in [2.75, 3.05) is 13.2 Å². The molecule has 1 heterocycles. The Bertz CT molecular complexity index is 837. The molecule has 0 aliphatic carbocycles. The fraction of sp³-hybridized carbons (Fsp3) is 0.312. The van der Waals surface area contributed by atoms with E-state index in [0.29, 0.717) is 0 Å². The lowest BCUT2D eigenvalue weighted by Gasteiger charge is -2.26. The quantitative estimate of drug-likeness (QED) is 0.425. The standard InChI is InChI=1S/C16H16ClN3O7/c1-3-26-15(22)13-8(2)18-16(23)19-12(13)7-27-14(21)10-5-4-9(20(24)25)6-11(10)17/h4-6,8H,3,7H2,1-2H3,(H2,18,19,23)/t8-/m0/s1. The topological polar surface area (TPSA) is 137 Å². The highest BCUT2D eigenvalue weighted by Crippen LogP contribution is 2.23. The van der Waals surface area contributed by atoms with Gasteiger partial charge in [0.05, 0.1) is 39.4 Å². The lowest BCUT2D eigenvalue weighted by molar-refractivity contribution is -0.384. The zero-order chi connectivity index (χ0) is 20.1. The number of benzene rings is 1. The van der Waals surface area contributed by atoms with Crippen LogP contribution in [0.2, 0.25) is 5.02 Å². The van der Waals surface area contributed by atoms with E-state index in [1.807, 2.05) is 0 Å². The van der Waals surface area contributed by atoms with E-state index in [1.165, 1.54) is 0 Å². The van der Waals surface area contributed by atoms with Gasteiger partial charge in [-0.25, -0.2) is 14.4 Å². The molecule has 0 spiro atoms. The van der Waals surface area contributed by atoms with E-state index in [4.69, 9.17) is 21.1 Å². The van der Waals surface area contributed by atoms with Crippen LogP contribution in [0.3, 0.4) is 0 Å². The van der Waals surface area contributed by atoms with E-state index in [9.17, 15) is 24.5 Å². The highest BCUT2D eigenvalue weighted by molar-refractivity contribution is 6.33. The Labute approximate surface area is 158 Å². The van der Waals surface area contributed by atoms with Crippen molar-refractivity contribution in [2.24, 2.45) is 0 Å². The van der Waals surface area contributed by atoms with Crippen molar-refractivity contribution >= 4 is 35.3 Å². The van der Waals surface area contributed by atoms with Crippen LogP contribution >= 0.6 is 11.6 Å². The third-order valence-corrected chi connectivity index (χ3v) is 3.91. The Hall–Kier alpha value is -3.14. The maximum atomic E-state index is 12.2. The summed E-state index contributed by atoms with van der Waals surface area (Å²) in [6.45, 7) is 2.93. The van der Waals surface area contributed by atoms with Gasteiger partial charge in [-0.2, -0.15) is 0 Å². The average molecular weight is 398 g/mol. The molecular formula is C16H16ClN3O7. The van der Waals surface area contributed by atoms with Crippen LogP contribution in [0, 0.1) is 10.1 Å². The van der Waals surface area contributed by atoms with Crippen LogP contribution < -0.4 is 10.6 Å². The van der Waals surface area contributed by atoms with Crippen molar-refractivity contribution in [3.63, 3.8) is 0 Å². The van der Waals surface area contributed by atoms with Crippen molar-refractivity contribution in [2.45, 2.75) is 19.9 Å². The summed E-state index contributed by atoms with van der Waals surface area (Å²) >= 11 is 5.89. The Kier molecular flexibility index (Phi) is 6.35. The van der Waals surface area contributed by atoms with Crippen LogP contribution in [-0.4, -0.2) is 42.1 Å². The molecule has 2 N–H and O–H groups in total. The molecule has 0 saturated carbocycles. The number of carbonyl (C=O) groups excluding carboxylic acids is 3. The van der Waals surface area contributed by atoms with Gasteiger partial charge in [0.1, 0.15) is 6.61 Å². The van der Waals surface area contributed by atoms with Gasteiger partial charge in [-0.1, -0.05) is 11.6 Å². The lowest BCUT2D eigenvalue weighted by atomic mass is 10.0. The second-order valence-corrected chi connectivity index (χ2v) is 5.84. The summed E-state index contributed by atoms with van der Waals surface area (Å²) < 4.78 is 10.1. The molecule has 11 heteroatoms. The first kappa shape index (κ1) is 20.2. The number of halogens is 1. The number of amides is 2. The largest absolute Gasteiger partial charge is 0.463 e. The molecule has 0 radical (unpaired) electrons. The Morgan fingerprint density at radius 2 is 2.00 bits per heavy atom. The molecular weight excluding hydrogens is 382 g/mol. The normalized spacial score (nSPS) is 16.3. The molecule has 0 saturated heterocycles. The minimum Gasteiger partial charge on any atom is -0.463 e. The average Bonchev–Trinajstić information content (AvgIpc) is 2.59. The number of urea groups is 1. The van der Waals surface area contributed by atoms with Crippen molar-refractivity contribution in [3.05, 3.63) is 50.2 Å². The number of nitrogens with one attached hydrogen (secondary N) is 2. The third-order valence-electron chi connectivity index (χ3n) is 3.60. The number of nitrogens with zero attached hydrogens (tertiary/aromatic N) is 1. The van der Waals surface area contributed by atoms with Crippen LogP contribution in [0.15, 0.2) is 29.5 Å². The maximum absolute atomic E-state index is 12.2. The Morgan fingerprint density at radius 3 is 2.59 bits per heavy atom. The molecule has 2 rings (SSSR count). The van der Waals surface area contributed by atoms with Gasteiger partial charge in [-0.15, -0.1) is 0 Å². The molecule has 1 aromatic rings. The molecule has 144 valence electrons. The summed E-state index contributed by atoms with van der Waals surface area (Å²) in [5.74, 6) is -1.53. The van der Waals surface area contributed by atoms with Crippen LogP contribution in [0.1, 0.15) is 24.2 Å². The van der Waals surface area contributed by atoms with Crippen molar-refractivity contribution in [1.29, 1.82) is 0 Å². The molecule has 1 aliphatic heterocycles. The summed E-state index contributed by atoms with van der Waals surface area (Å²) in [6, 6.07) is 2.09. The summed E-state index contributed by atoms with van der Waals surface area (Å²) in [4.78, 5) is 46.0. The zero-order valence-electron chi connectivity index (χ0n) is 14.4. The minimum atomic E-state index is -0.869. The first-order valence-electron chi connectivity index (χ1n) is 7.83. The number of nitro groups is 1. The van der Waals surface area contributed by atoms with E-state index < -0.39 is 35.5 Å². The van der Waals surface area contributed by atoms with Gasteiger partial charge in [0.2, 0.25) is 0 Å². The van der Waals surface area contributed by atoms with E-state index >= 15 is 0 Å². The van der Waals surface area contributed by atoms with Gasteiger partial charge in [0.15, 0.2) is 0 Å². The predicted molar refractivity (Wildman–Crippen MR) is 93.2 cm³/mol. The summed E-state index contributed by atoms with van der Waals surface area (Å²) in [5.41, 5.74) is -0.160. The molecule has 0 bridgehead atoms. The summed E-state index contributed by atoms with van der Waals surface area (Å²) in [7, 11) is 0. The number of hydrogen-bond acceptors (Lipinski definition) is 7. The fourth-order valence-corrected chi connectivity index (χ4v) is 2.64. The number of non-ortho nitro benzene ring substituents is 1. The predicted octanol–water partition coefficient (Wildman–Crippen LogP) is 1.92. The molecule has 0 aromatic heterocycles. The first-order valence-corrected chi connectivity index (χ1v) is 8.21. The molecule has 0 fully saturated rings. The molecule has 1 aliphatic rings. The van der Waals surface area contributed by atoms with Gasteiger partial charge in [-0.3, -0.25) is 10.1 Å². The van der Waals surface area contributed by atoms with Gasteiger partial charge in [0.25, 0.3) is 5.69 Å². The highest BCUT2D eigenvalue weighted by Gasteiger charge is 2.30. The van der Waals surface area contributed by atoms with Gasteiger partial charge < -0.3 is 20.1 Å². The summed E-state index contributed by atoms with van der Waals surface area (Å²) in [6.07, 6.45) is 0. The maximum Gasteiger partial charge on any atom is 0.340 e. The number of esters is 2. The van der Waals surface area contributed by atoms with Crippen molar-refractivity contribution in [1.82, 2.24) is 10.6 Å². The highest BCUT2D eigenvalue weighted by atomic mass is 35.5. The van der Waals surface area contributed by atoms with E-state index in [0.717, 1.165) is 18.2 Å². The molecule has 1 atom stereocenters. The molecule has 2 amide bonds. The van der Waals surface area contributed by atoms with Gasteiger partial charge in [0, 0.05) is 12.1 Å². The molecule has 1 aromatic carbocycles. The van der Waals surface area contributed by atoms with Crippen LogP contribution in [0.5, 0.6) is 0 Å². The lowest BCUT2D eigenvalue weighted by Crippen LogP contribution is -2.50. The van der Waals surface area contributed by atoms with Gasteiger partial charge in [-0.05, 0) is 19.9 Å². The van der Waals surface area contributed by atoms with Crippen molar-refractivity contribution < 1.29 is 28.8 Å². The zero-order valence-corrected chi connectivity index (χ0v) is 15.2. The number of nitro benzene ring substituents is 1. The van der Waals surface area contributed by atoms with E-state index in [1.54, 1.807) is 13.8 Å². The third kappa shape index (κ3) is 4.73. The molecule has 10 nitrogen and oxygen atoms in total. The van der Waals surface area contributed by atoms with E-state index in [2.05, 4.69) is 10.6 Å². The monoisotopic (exact) mass is 397 g/mol. The molecule has 27 heavy (non-hydrogen) atoms. The number of carbonyl (C=O) groups is 3. The number of hydrogen-bond donors (Lipinski definition) is 2. The Balaban J connectivity index is 2.20. The van der Waals surface area contributed by atoms with E-state index in [-0.39, 0.29) is 34.2 Å². The smallest absolute Gasteiger partial charge is 0.340 e. The van der Waals surface area contributed by atoms with Crippen LogP contribution in [0.4, 0.5) is 10.5 Å². The van der Waals surface area contributed by atoms with Crippen molar-refractivity contribution in [3.8, 4) is 0 Å². The number of ether oxygens (including phenoxy) is 2. The van der Waals surface area contributed by atoms with Crippen LogP contribution in [0.25, 0.3) is 0 Å². The summed E-state index contributed by atoms with van der Waals surface area (Å²) in [5, 5.41) is 15.5. The van der Waals surface area contributed by atoms with Gasteiger partial charge >= 0.3 is 18.0 Å².